The molecule has 0 aliphatic heterocycles. The highest BCUT2D eigenvalue weighted by Crippen LogP contribution is 2.25. The van der Waals surface area contributed by atoms with E-state index in [0.717, 1.165) is 19.3 Å². The van der Waals surface area contributed by atoms with Gasteiger partial charge >= 0.3 is 5.97 Å². The average molecular weight is 250 g/mol. The fourth-order valence-corrected chi connectivity index (χ4v) is 2.56. The highest BCUT2D eigenvalue weighted by molar-refractivity contribution is 7.81. The van der Waals surface area contributed by atoms with E-state index in [1.54, 1.807) is 12.1 Å². The molecule has 0 N–H and O–H groups in total. The Morgan fingerprint density at radius 1 is 1.12 bits per heavy atom. The van der Waals surface area contributed by atoms with Crippen LogP contribution in [-0.2, 0) is 4.74 Å². The topological polar surface area (TPSA) is 26.3 Å². The summed E-state index contributed by atoms with van der Waals surface area (Å²) < 4.78 is 5.55. The number of rotatable bonds is 2. The molecule has 0 spiro atoms. The summed E-state index contributed by atoms with van der Waals surface area (Å²) in [6.45, 7) is 0. The molecule has 1 aromatic rings. The van der Waals surface area contributed by atoms with Crippen molar-refractivity contribution < 1.29 is 9.53 Å². The average Bonchev–Trinajstić information content (AvgIpc) is 2.56. The van der Waals surface area contributed by atoms with Crippen molar-refractivity contribution in [3.05, 3.63) is 35.9 Å². The standard InChI is InChI=1S/C14H18O2S/c15-14(11-7-3-1-4-8-11)16-12-9-5-2-6-10-13(12)17/h1,3-4,7-8,12-13,17H,2,5-6,9-10H2/t12-,13-/m1/s1. The SMILES string of the molecule is O=C(O[C@@H]1CCCCC[C@H]1S)c1ccccc1. The van der Waals surface area contributed by atoms with E-state index in [2.05, 4.69) is 12.6 Å². The van der Waals surface area contributed by atoms with Gasteiger partial charge in [-0.15, -0.1) is 0 Å². The van der Waals surface area contributed by atoms with Crippen LogP contribution in [-0.4, -0.2) is 17.3 Å². The van der Waals surface area contributed by atoms with Gasteiger partial charge in [-0.05, 0) is 31.4 Å². The van der Waals surface area contributed by atoms with Gasteiger partial charge in [0.25, 0.3) is 0 Å². The molecule has 1 aliphatic carbocycles. The zero-order valence-electron chi connectivity index (χ0n) is 9.84. The molecule has 92 valence electrons. The summed E-state index contributed by atoms with van der Waals surface area (Å²) in [6, 6.07) is 9.16. The van der Waals surface area contributed by atoms with Gasteiger partial charge in [-0.3, -0.25) is 0 Å². The van der Waals surface area contributed by atoms with Crippen molar-refractivity contribution in [1.82, 2.24) is 0 Å². The van der Waals surface area contributed by atoms with Gasteiger partial charge in [-0.25, -0.2) is 4.79 Å². The van der Waals surface area contributed by atoms with Crippen molar-refractivity contribution >= 4 is 18.6 Å². The molecule has 0 radical (unpaired) electrons. The predicted molar refractivity (Wildman–Crippen MR) is 71.5 cm³/mol. The van der Waals surface area contributed by atoms with Crippen molar-refractivity contribution in [1.29, 1.82) is 0 Å². The van der Waals surface area contributed by atoms with E-state index < -0.39 is 0 Å². The summed E-state index contributed by atoms with van der Waals surface area (Å²) in [6.07, 6.45) is 5.48. The van der Waals surface area contributed by atoms with Crippen LogP contribution in [0.15, 0.2) is 30.3 Å². The first-order valence-corrected chi connectivity index (χ1v) is 6.73. The summed E-state index contributed by atoms with van der Waals surface area (Å²) in [5.41, 5.74) is 0.622. The van der Waals surface area contributed by atoms with Crippen molar-refractivity contribution in [3.8, 4) is 0 Å². The molecule has 0 aromatic heterocycles. The molecule has 0 heterocycles. The Labute approximate surface area is 108 Å². The summed E-state index contributed by atoms with van der Waals surface area (Å²) >= 11 is 4.54. The normalized spacial score (nSPS) is 25.0. The van der Waals surface area contributed by atoms with Gasteiger partial charge < -0.3 is 4.74 Å². The Bertz CT molecular complexity index is 364. The summed E-state index contributed by atoms with van der Waals surface area (Å²) in [5, 5.41) is 0.185. The van der Waals surface area contributed by atoms with Gasteiger partial charge in [0, 0.05) is 5.25 Å². The van der Waals surface area contributed by atoms with Crippen LogP contribution in [0.5, 0.6) is 0 Å². The third-order valence-corrected chi connectivity index (χ3v) is 3.78. The molecule has 0 saturated heterocycles. The van der Waals surface area contributed by atoms with E-state index in [-0.39, 0.29) is 17.3 Å². The maximum absolute atomic E-state index is 11.9. The van der Waals surface area contributed by atoms with Gasteiger partial charge in [0.2, 0.25) is 0 Å². The van der Waals surface area contributed by atoms with Gasteiger partial charge in [-0.2, -0.15) is 12.6 Å². The molecule has 1 aliphatic rings. The van der Waals surface area contributed by atoms with Gasteiger partial charge in [0.15, 0.2) is 0 Å². The van der Waals surface area contributed by atoms with Crippen molar-refractivity contribution in [2.45, 2.75) is 43.5 Å². The molecule has 0 unspecified atom stereocenters. The fourth-order valence-electron chi connectivity index (χ4n) is 2.17. The highest BCUT2D eigenvalue weighted by Gasteiger charge is 2.24. The van der Waals surface area contributed by atoms with Gasteiger partial charge in [0.05, 0.1) is 5.56 Å². The van der Waals surface area contributed by atoms with Gasteiger partial charge in [-0.1, -0.05) is 31.0 Å². The van der Waals surface area contributed by atoms with Crippen molar-refractivity contribution in [3.63, 3.8) is 0 Å². The molecule has 2 atom stereocenters. The minimum Gasteiger partial charge on any atom is -0.458 e. The fraction of sp³-hybridized carbons (Fsp3) is 0.500. The van der Waals surface area contributed by atoms with E-state index in [1.165, 1.54) is 12.8 Å². The summed E-state index contributed by atoms with van der Waals surface area (Å²) in [5.74, 6) is -0.225. The number of esters is 1. The molecular weight excluding hydrogens is 232 g/mol. The lowest BCUT2D eigenvalue weighted by Crippen LogP contribution is -2.26. The molecular formula is C14H18O2S. The first-order valence-electron chi connectivity index (χ1n) is 6.21. The van der Waals surface area contributed by atoms with Crippen LogP contribution in [0, 0.1) is 0 Å². The molecule has 3 heteroatoms. The second kappa shape index (κ2) is 6.10. The summed E-state index contributed by atoms with van der Waals surface area (Å²) in [4.78, 5) is 11.9. The largest absolute Gasteiger partial charge is 0.458 e. The number of thiol groups is 1. The lowest BCUT2D eigenvalue weighted by atomic mass is 10.1. The smallest absolute Gasteiger partial charge is 0.338 e. The molecule has 0 bridgehead atoms. The van der Waals surface area contributed by atoms with E-state index in [9.17, 15) is 4.79 Å². The number of hydrogen-bond donors (Lipinski definition) is 1. The van der Waals surface area contributed by atoms with Crippen LogP contribution >= 0.6 is 12.6 Å². The van der Waals surface area contributed by atoms with Crippen LogP contribution in [0.25, 0.3) is 0 Å². The second-order valence-corrected chi connectivity index (χ2v) is 5.18. The predicted octanol–water partition coefficient (Wildman–Crippen LogP) is 3.47. The van der Waals surface area contributed by atoms with E-state index in [4.69, 9.17) is 4.74 Å². The Morgan fingerprint density at radius 2 is 1.82 bits per heavy atom. The van der Waals surface area contributed by atoms with Crippen LogP contribution in [0.4, 0.5) is 0 Å². The molecule has 17 heavy (non-hydrogen) atoms. The maximum atomic E-state index is 11.9. The molecule has 1 saturated carbocycles. The third kappa shape index (κ3) is 3.50. The van der Waals surface area contributed by atoms with E-state index >= 15 is 0 Å². The zero-order chi connectivity index (χ0) is 12.1. The number of hydrogen-bond acceptors (Lipinski definition) is 3. The zero-order valence-corrected chi connectivity index (χ0v) is 10.7. The molecule has 1 aromatic carbocycles. The van der Waals surface area contributed by atoms with E-state index in [1.807, 2.05) is 18.2 Å². The molecule has 0 amide bonds. The highest BCUT2D eigenvalue weighted by atomic mass is 32.1. The Kier molecular flexibility index (Phi) is 4.49. The maximum Gasteiger partial charge on any atom is 0.338 e. The third-order valence-electron chi connectivity index (χ3n) is 3.19. The number of ether oxygens (including phenoxy) is 1. The number of benzene rings is 1. The number of carbonyl (C=O) groups is 1. The minimum absolute atomic E-state index is 0.0338. The van der Waals surface area contributed by atoms with E-state index in [0.29, 0.717) is 5.56 Å². The molecule has 2 rings (SSSR count). The Morgan fingerprint density at radius 3 is 2.59 bits per heavy atom. The van der Waals surface area contributed by atoms with Crippen molar-refractivity contribution in [2.75, 3.05) is 0 Å². The van der Waals surface area contributed by atoms with Crippen molar-refractivity contribution in [2.24, 2.45) is 0 Å². The summed E-state index contributed by atoms with van der Waals surface area (Å²) in [7, 11) is 0. The van der Waals surface area contributed by atoms with Gasteiger partial charge in [0.1, 0.15) is 6.10 Å². The van der Waals surface area contributed by atoms with Crippen LogP contribution in [0.3, 0.4) is 0 Å². The van der Waals surface area contributed by atoms with Crippen LogP contribution in [0.2, 0.25) is 0 Å². The first kappa shape index (κ1) is 12.5. The van der Waals surface area contributed by atoms with Crippen LogP contribution < -0.4 is 0 Å². The molecule has 1 fully saturated rings. The second-order valence-electron chi connectivity index (χ2n) is 4.52. The molecule has 2 nitrogen and oxygen atoms in total. The first-order chi connectivity index (χ1) is 8.27. The monoisotopic (exact) mass is 250 g/mol. The lowest BCUT2D eigenvalue weighted by Gasteiger charge is -2.21. The Balaban J connectivity index is 1.98. The lowest BCUT2D eigenvalue weighted by molar-refractivity contribution is 0.0282. The quantitative estimate of drug-likeness (QED) is 0.494. The minimum atomic E-state index is -0.225. The number of carbonyl (C=O) groups excluding carboxylic acids is 1. The Hall–Kier alpha value is -0.960. The van der Waals surface area contributed by atoms with Crippen LogP contribution in [0.1, 0.15) is 42.5 Å².